The van der Waals surface area contributed by atoms with Gasteiger partial charge in [0.1, 0.15) is 22.8 Å². The van der Waals surface area contributed by atoms with Crippen molar-refractivity contribution in [2.24, 2.45) is 0 Å². The number of halogens is 1. The minimum Gasteiger partial charge on any atom is -0.497 e. The van der Waals surface area contributed by atoms with Crippen LogP contribution in [-0.4, -0.2) is 13.1 Å². The van der Waals surface area contributed by atoms with Crippen LogP contribution in [0, 0.1) is 6.92 Å². The summed E-state index contributed by atoms with van der Waals surface area (Å²) < 4.78 is 16.4. The Kier molecular flexibility index (Phi) is 5.29. The molecule has 0 atom stereocenters. The molecule has 4 rings (SSSR count). The van der Waals surface area contributed by atoms with Gasteiger partial charge in [0, 0.05) is 11.1 Å². The first-order chi connectivity index (χ1) is 14.5. The quantitative estimate of drug-likeness (QED) is 0.315. The summed E-state index contributed by atoms with van der Waals surface area (Å²) in [6.07, 6.45) is 0. The molecule has 0 radical (unpaired) electrons. The molecule has 1 aromatic heterocycles. The molecule has 150 valence electrons. The second kappa shape index (κ2) is 8.05. The molecular formula is C24H17ClO5. The van der Waals surface area contributed by atoms with Crippen molar-refractivity contribution in [2.75, 3.05) is 7.11 Å². The van der Waals surface area contributed by atoms with Crippen LogP contribution >= 0.6 is 11.6 Å². The topological polar surface area (TPSA) is 65.7 Å². The van der Waals surface area contributed by atoms with Crippen LogP contribution < -0.4 is 14.9 Å². The molecule has 0 aliphatic rings. The molecule has 1 heterocycles. The highest BCUT2D eigenvalue weighted by molar-refractivity contribution is 6.30. The Balaban J connectivity index is 1.67. The second-order valence-electron chi connectivity index (χ2n) is 6.65. The van der Waals surface area contributed by atoms with Gasteiger partial charge in [0.15, 0.2) is 0 Å². The largest absolute Gasteiger partial charge is 0.497 e. The van der Waals surface area contributed by atoms with Crippen LogP contribution in [-0.2, 0) is 0 Å². The van der Waals surface area contributed by atoms with Gasteiger partial charge in [-0.3, -0.25) is 4.79 Å². The number of hydrogen-bond acceptors (Lipinski definition) is 5. The van der Waals surface area contributed by atoms with Crippen molar-refractivity contribution in [2.45, 2.75) is 6.92 Å². The predicted molar refractivity (Wildman–Crippen MR) is 116 cm³/mol. The zero-order valence-corrected chi connectivity index (χ0v) is 17.0. The molecule has 3 aromatic carbocycles. The maximum atomic E-state index is 13.0. The third-order valence-electron chi connectivity index (χ3n) is 4.71. The average molecular weight is 421 g/mol. The number of esters is 1. The molecule has 0 amide bonds. The van der Waals surface area contributed by atoms with Gasteiger partial charge >= 0.3 is 5.97 Å². The summed E-state index contributed by atoms with van der Waals surface area (Å²) >= 11 is 5.94. The van der Waals surface area contributed by atoms with Gasteiger partial charge in [0.25, 0.3) is 0 Å². The molecule has 0 bridgehead atoms. The van der Waals surface area contributed by atoms with E-state index in [1.807, 2.05) is 0 Å². The van der Waals surface area contributed by atoms with Crippen molar-refractivity contribution in [1.29, 1.82) is 0 Å². The van der Waals surface area contributed by atoms with E-state index in [1.165, 1.54) is 6.07 Å². The average Bonchev–Trinajstić information content (AvgIpc) is 2.75. The number of aryl methyl sites for hydroxylation is 1. The first-order valence-corrected chi connectivity index (χ1v) is 9.53. The van der Waals surface area contributed by atoms with Gasteiger partial charge < -0.3 is 13.9 Å². The number of hydrogen-bond donors (Lipinski definition) is 0. The van der Waals surface area contributed by atoms with E-state index in [-0.39, 0.29) is 11.2 Å². The molecule has 0 aliphatic heterocycles. The molecule has 0 saturated carbocycles. The van der Waals surface area contributed by atoms with Crippen molar-refractivity contribution in [3.8, 4) is 22.6 Å². The molecule has 0 aliphatic carbocycles. The molecule has 6 heteroatoms. The maximum Gasteiger partial charge on any atom is 0.343 e. The van der Waals surface area contributed by atoms with Gasteiger partial charge in [0.05, 0.1) is 23.6 Å². The van der Waals surface area contributed by atoms with E-state index in [2.05, 4.69) is 0 Å². The lowest BCUT2D eigenvalue weighted by Gasteiger charge is -2.09. The number of methoxy groups -OCH3 is 1. The van der Waals surface area contributed by atoms with Crippen LogP contribution in [0.5, 0.6) is 11.5 Å². The van der Waals surface area contributed by atoms with Crippen LogP contribution in [0.2, 0.25) is 5.02 Å². The number of ether oxygens (including phenoxy) is 2. The normalized spacial score (nSPS) is 10.8. The highest BCUT2D eigenvalue weighted by atomic mass is 35.5. The minimum atomic E-state index is -0.520. The van der Waals surface area contributed by atoms with E-state index in [1.54, 1.807) is 74.7 Å². The van der Waals surface area contributed by atoms with Crippen molar-refractivity contribution in [1.82, 2.24) is 0 Å². The van der Waals surface area contributed by atoms with Gasteiger partial charge in [-0.25, -0.2) is 4.79 Å². The van der Waals surface area contributed by atoms with E-state index in [0.717, 1.165) is 5.56 Å². The van der Waals surface area contributed by atoms with Crippen LogP contribution in [0.1, 0.15) is 16.1 Å². The van der Waals surface area contributed by atoms with E-state index in [0.29, 0.717) is 38.6 Å². The lowest BCUT2D eigenvalue weighted by molar-refractivity contribution is 0.0735. The number of benzene rings is 3. The second-order valence-corrected chi connectivity index (χ2v) is 7.08. The Morgan fingerprint density at radius 1 is 0.933 bits per heavy atom. The molecule has 0 spiro atoms. The first kappa shape index (κ1) is 19.7. The van der Waals surface area contributed by atoms with Crippen LogP contribution in [0.15, 0.2) is 75.9 Å². The Bertz CT molecular complexity index is 1290. The van der Waals surface area contributed by atoms with Gasteiger partial charge in [0.2, 0.25) is 5.43 Å². The van der Waals surface area contributed by atoms with Crippen LogP contribution in [0.25, 0.3) is 22.1 Å². The summed E-state index contributed by atoms with van der Waals surface area (Å²) in [5.74, 6) is 0.874. The van der Waals surface area contributed by atoms with E-state index in [9.17, 15) is 9.59 Å². The van der Waals surface area contributed by atoms with Gasteiger partial charge in [-0.2, -0.15) is 0 Å². The molecular weight excluding hydrogens is 404 g/mol. The van der Waals surface area contributed by atoms with Gasteiger partial charge in [-0.15, -0.1) is 0 Å². The van der Waals surface area contributed by atoms with Crippen LogP contribution in [0.3, 0.4) is 0 Å². The molecule has 4 aromatic rings. The fourth-order valence-electron chi connectivity index (χ4n) is 3.19. The molecule has 0 N–H and O–H groups in total. The fourth-order valence-corrected chi connectivity index (χ4v) is 3.32. The van der Waals surface area contributed by atoms with Crippen molar-refractivity contribution in [3.05, 3.63) is 93.3 Å². The van der Waals surface area contributed by atoms with Crippen molar-refractivity contribution in [3.63, 3.8) is 0 Å². The highest BCUT2D eigenvalue weighted by Crippen LogP contribution is 2.27. The molecule has 0 unspecified atom stereocenters. The maximum absolute atomic E-state index is 13.0. The Labute approximate surface area is 177 Å². The summed E-state index contributed by atoms with van der Waals surface area (Å²) in [5, 5.41) is 0.986. The molecule has 30 heavy (non-hydrogen) atoms. The summed E-state index contributed by atoms with van der Waals surface area (Å²) in [4.78, 5) is 25.4. The summed E-state index contributed by atoms with van der Waals surface area (Å²) in [6, 6.07) is 18.3. The van der Waals surface area contributed by atoms with Gasteiger partial charge in [-0.1, -0.05) is 23.7 Å². The van der Waals surface area contributed by atoms with Gasteiger partial charge in [-0.05, 0) is 61.0 Å². The highest BCUT2D eigenvalue weighted by Gasteiger charge is 2.15. The van der Waals surface area contributed by atoms with E-state index < -0.39 is 5.97 Å². The monoisotopic (exact) mass is 420 g/mol. The molecule has 0 fully saturated rings. The molecule has 0 saturated heterocycles. The molecule has 5 nitrogen and oxygen atoms in total. The summed E-state index contributed by atoms with van der Waals surface area (Å²) in [5.41, 5.74) is 1.76. The van der Waals surface area contributed by atoms with Crippen LogP contribution in [0.4, 0.5) is 0 Å². The number of carbonyl (C=O) groups excluding carboxylic acids is 1. The summed E-state index contributed by atoms with van der Waals surface area (Å²) in [7, 11) is 1.55. The number of fused-ring (bicyclic) bond motifs is 1. The minimum absolute atomic E-state index is 0.163. The van der Waals surface area contributed by atoms with Crippen molar-refractivity contribution < 1.29 is 18.7 Å². The van der Waals surface area contributed by atoms with E-state index in [4.69, 9.17) is 25.5 Å². The smallest absolute Gasteiger partial charge is 0.343 e. The Hall–Kier alpha value is -3.57. The Morgan fingerprint density at radius 3 is 2.27 bits per heavy atom. The number of rotatable bonds is 4. The third-order valence-corrected chi connectivity index (χ3v) is 4.96. The number of carbonyl (C=O) groups is 1. The first-order valence-electron chi connectivity index (χ1n) is 9.16. The summed E-state index contributed by atoms with van der Waals surface area (Å²) in [6.45, 7) is 1.72. The SMILES string of the molecule is COc1ccc(C(=O)Oc2ccc3c(=O)c(-c4ccc(Cl)cc4)c(C)oc3c2)cc1. The third kappa shape index (κ3) is 3.80. The zero-order valence-electron chi connectivity index (χ0n) is 16.3. The zero-order chi connectivity index (χ0) is 21.3. The lowest BCUT2D eigenvalue weighted by atomic mass is 10.0. The lowest BCUT2D eigenvalue weighted by Crippen LogP contribution is -2.10. The predicted octanol–water partition coefficient (Wildman–Crippen LogP) is 5.65. The van der Waals surface area contributed by atoms with Crippen molar-refractivity contribution >= 4 is 28.5 Å². The fraction of sp³-hybridized carbons (Fsp3) is 0.0833. The van der Waals surface area contributed by atoms with E-state index >= 15 is 0 Å². The standard InChI is InChI=1S/C24H17ClO5/c1-14-22(15-3-7-17(25)8-4-15)23(26)20-12-11-19(13-21(20)29-14)30-24(27)16-5-9-18(28-2)10-6-16/h3-13H,1-2H3. The Morgan fingerprint density at radius 2 is 1.60 bits per heavy atom.